The molecule has 0 N–H and O–H groups in total. The van der Waals surface area contributed by atoms with Gasteiger partial charge in [-0.2, -0.15) is 4.98 Å². The fourth-order valence-electron chi connectivity index (χ4n) is 3.01. The number of nitrogens with zero attached hydrogens (tertiary/aromatic N) is 3. The van der Waals surface area contributed by atoms with Crippen LogP contribution in [0, 0.1) is 5.92 Å². The molecule has 0 aliphatic carbocycles. The molecule has 1 saturated heterocycles. The lowest BCUT2D eigenvalue weighted by Gasteiger charge is -2.34. The zero-order valence-electron chi connectivity index (χ0n) is 14.4. The van der Waals surface area contributed by atoms with E-state index in [1.165, 1.54) is 0 Å². The maximum absolute atomic E-state index is 12.5. The smallest absolute Gasteiger partial charge is 0.249 e. The van der Waals surface area contributed by atoms with E-state index in [0.29, 0.717) is 11.7 Å². The van der Waals surface area contributed by atoms with Crippen LogP contribution in [-0.4, -0.2) is 34.6 Å². The quantitative estimate of drug-likeness (QED) is 0.859. The minimum atomic E-state index is -0.117. The third kappa shape index (κ3) is 3.27. The lowest BCUT2D eigenvalue weighted by molar-refractivity contribution is -0.139. The van der Waals surface area contributed by atoms with Gasteiger partial charge in [0.2, 0.25) is 17.6 Å². The number of aromatic nitrogens is 2. The minimum absolute atomic E-state index is 0.0328. The number of ether oxygens (including phenoxy) is 1. The molecule has 2 heterocycles. The van der Waals surface area contributed by atoms with Crippen molar-refractivity contribution in [2.45, 2.75) is 39.2 Å². The van der Waals surface area contributed by atoms with E-state index in [2.05, 4.69) is 10.1 Å². The third-order valence-electron chi connectivity index (χ3n) is 4.35. The Labute approximate surface area is 141 Å². The first-order chi connectivity index (χ1) is 11.6. The highest BCUT2D eigenvalue weighted by atomic mass is 16.5. The van der Waals surface area contributed by atoms with Crippen LogP contribution in [-0.2, 0) is 4.79 Å². The zero-order valence-corrected chi connectivity index (χ0v) is 14.4. The third-order valence-corrected chi connectivity index (χ3v) is 4.35. The average Bonchev–Trinajstić information content (AvgIpc) is 3.11. The summed E-state index contributed by atoms with van der Waals surface area (Å²) in [5, 5.41) is 4.09. The number of piperidine rings is 1. The van der Waals surface area contributed by atoms with Gasteiger partial charge in [0, 0.05) is 18.0 Å². The van der Waals surface area contributed by atoms with Gasteiger partial charge in [-0.25, -0.2) is 0 Å². The lowest BCUT2D eigenvalue weighted by Crippen LogP contribution is -2.40. The van der Waals surface area contributed by atoms with Crippen molar-refractivity contribution in [2.24, 2.45) is 5.92 Å². The van der Waals surface area contributed by atoms with Crippen molar-refractivity contribution in [2.75, 3.05) is 13.7 Å². The molecule has 6 heteroatoms. The molecule has 0 unspecified atom stereocenters. The second-order valence-electron chi connectivity index (χ2n) is 6.38. The lowest BCUT2D eigenvalue weighted by atomic mass is 10.00. The molecule has 24 heavy (non-hydrogen) atoms. The van der Waals surface area contributed by atoms with Crippen molar-refractivity contribution >= 4 is 5.91 Å². The first-order valence-corrected chi connectivity index (χ1v) is 8.38. The second kappa shape index (κ2) is 7.03. The van der Waals surface area contributed by atoms with E-state index in [1.807, 2.05) is 43.0 Å². The van der Waals surface area contributed by atoms with Crippen molar-refractivity contribution in [3.05, 3.63) is 30.2 Å². The van der Waals surface area contributed by atoms with Crippen LogP contribution in [0.2, 0.25) is 0 Å². The molecule has 6 nitrogen and oxygen atoms in total. The summed E-state index contributed by atoms with van der Waals surface area (Å²) in [5.41, 5.74) is 0.864. The molecular weight excluding hydrogens is 306 g/mol. The van der Waals surface area contributed by atoms with Gasteiger partial charge in [-0.05, 0) is 43.5 Å². The van der Waals surface area contributed by atoms with Gasteiger partial charge in [0.1, 0.15) is 11.8 Å². The van der Waals surface area contributed by atoms with Gasteiger partial charge in [-0.3, -0.25) is 4.79 Å². The Morgan fingerprint density at radius 3 is 2.71 bits per heavy atom. The molecule has 1 aromatic carbocycles. The predicted octanol–water partition coefficient (Wildman–Crippen LogP) is 3.45. The van der Waals surface area contributed by atoms with Gasteiger partial charge in [-0.1, -0.05) is 19.0 Å². The molecule has 128 valence electrons. The van der Waals surface area contributed by atoms with E-state index in [-0.39, 0.29) is 17.9 Å². The molecule has 1 aliphatic heterocycles. The number of hydrogen-bond donors (Lipinski definition) is 0. The van der Waals surface area contributed by atoms with Crippen LogP contribution >= 0.6 is 0 Å². The maximum Gasteiger partial charge on any atom is 0.249 e. The molecule has 0 saturated carbocycles. The number of amides is 1. The number of rotatable bonds is 4. The standard InChI is InChI=1S/C18H23N3O3/c1-12(2)18(22)21-11-5-4-6-15(21)17-19-16(20-24-17)13-7-9-14(23-3)10-8-13/h7-10,12,15H,4-6,11H2,1-3H3/t15-/m1/s1. The Kier molecular flexibility index (Phi) is 4.83. The van der Waals surface area contributed by atoms with Crippen LogP contribution in [0.15, 0.2) is 28.8 Å². The van der Waals surface area contributed by atoms with Gasteiger partial charge in [0.05, 0.1) is 7.11 Å². The summed E-state index contributed by atoms with van der Waals surface area (Å²) in [6.45, 7) is 4.59. The molecule has 0 spiro atoms. The van der Waals surface area contributed by atoms with Gasteiger partial charge < -0.3 is 14.2 Å². The van der Waals surface area contributed by atoms with Crippen LogP contribution in [0.25, 0.3) is 11.4 Å². The monoisotopic (exact) mass is 329 g/mol. The van der Waals surface area contributed by atoms with Crippen molar-refractivity contribution in [3.8, 4) is 17.1 Å². The first-order valence-electron chi connectivity index (χ1n) is 8.38. The number of hydrogen-bond acceptors (Lipinski definition) is 5. The van der Waals surface area contributed by atoms with Crippen molar-refractivity contribution in [1.29, 1.82) is 0 Å². The number of benzene rings is 1. The van der Waals surface area contributed by atoms with Crippen molar-refractivity contribution in [3.63, 3.8) is 0 Å². The highest BCUT2D eigenvalue weighted by molar-refractivity contribution is 5.78. The number of carbonyl (C=O) groups excluding carboxylic acids is 1. The summed E-state index contributed by atoms with van der Waals surface area (Å²) in [4.78, 5) is 18.9. The Hall–Kier alpha value is -2.37. The highest BCUT2D eigenvalue weighted by Gasteiger charge is 2.33. The highest BCUT2D eigenvalue weighted by Crippen LogP contribution is 2.32. The summed E-state index contributed by atoms with van der Waals surface area (Å²) in [7, 11) is 1.63. The number of methoxy groups -OCH3 is 1. The van der Waals surface area contributed by atoms with E-state index >= 15 is 0 Å². The Balaban J connectivity index is 1.83. The van der Waals surface area contributed by atoms with E-state index < -0.39 is 0 Å². The molecule has 2 aromatic rings. The molecule has 1 fully saturated rings. The zero-order chi connectivity index (χ0) is 17.1. The van der Waals surface area contributed by atoms with Crippen molar-refractivity contribution < 1.29 is 14.1 Å². The molecule has 1 atom stereocenters. The van der Waals surface area contributed by atoms with Crippen LogP contribution < -0.4 is 4.74 Å². The molecule has 1 aromatic heterocycles. The van der Waals surface area contributed by atoms with E-state index in [4.69, 9.17) is 9.26 Å². The van der Waals surface area contributed by atoms with Crippen LogP contribution in [0.5, 0.6) is 5.75 Å². The van der Waals surface area contributed by atoms with Crippen LogP contribution in [0.4, 0.5) is 0 Å². The summed E-state index contributed by atoms with van der Waals surface area (Å²) in [6, 6.07) is 7.39. The van der Waals surface area contributed by atoms with Gasteiger partial charge in [0.25, 0.3) is 0 Å². The average molecular weight is 329 g/mol. The van der Waals surface area contributed by atoms with Gasteiger partial charge in [-0.15, -0.1) is 0 Å². The van der Waals surface area contributed by atoms with E-state index in [0.717, 1.165) is 37.1 Å². The van der Waals surface area contributed by atoms with Gasteiger partial charge in [0.15, 0.2) is 0 Å². The minimum Gasteiger partial charge on any atom is -0.497 e. The largest absolute Gasteiger partial charge is 0.497 e. The van der Waals surface area contributed by atoms with E-state index in [1.54, 1.807) is 7.11 Å². The fraction of sp³-hybridized carbons (Fsp3) is 0.500. The molecule has 3 rings (SSSR count). The summed E-state index contributed by atoms with van der Waals surface area (Å²) < 4.78 is 10.6. The topological polar surface area (TPSA) is 68.5 Å². The summed E-state index contributed by atoms with van der Waals surface area (Å²) in [6.07, 6.45) is 2.95. The first kappa shape index (κ1) is 16.5. The maximum atomic E-state index is 12.5. The SMILES string of the molecule is COc1ccc(-c2noc([C@H]3CCCCN3C(=O)C(C)C)n2)cc1. The summed E-state index contributed by atoms with van der Waals surface area (Å²) >= 11 is 0. The molecule has 1 amide bonds. The predicted molar refractivity (Wildman–Crippen MR) is 89.4 cm³/mol. The number of likely N-dealkylation sites (tertiary alicyclic amines) is 1. The summed E-state index contributed by atoms with van der Waals surface area (Å²) in [5.74, 6) is 1.95. The fourth-order valence-corrected chi connectivity index (χ4v) is 3.01. The normalized spacial score (nSPS) is 18.0. The van der Waals surface area contributed by atoms with E-state index in [9.17, 15) is 4.79 Å². The molecule has 0 radical (unpaired) electrons. The molecular formula is C18H23N3O3. The molecule has 1 aliphatic rings. The van der Waals surface area contributed by atoms with Crippen LogP contribution in [0.3, 0.4) is 0 Å². The Morgan fingerprint density at radius 2 is 2.04 bits per heavy atom. The second-order valence-corrected chi connectivity index (χ2v) is 6.38. The number of carbonyl (C=O) groups is 1. The van der Waals surface area contributed by atoms with Crippen LogP contribution in [0.1, 0.15) is 45.0 Å². The van der Waals surface area contributed by atoms with Crippen molar-refractivity contribution in [1.82, 2.24) is 15.0 Å². The van der Waals surface area contributed by atoms with Gasteiger partial charge >= 0.3 is 0 Å². The molecule has 0 bridgehead atoms. The Bertz CT molecular complexity index is 694. The Morgan fingerprint density at radius 1 is 1.29 bits per heavy atom.